The van der Waals surface area contributed by atoms with Crippen molar-refractivity contribution in [3.8, 4) is 11.8 Å². The van der Waals surface area contributed by atoms with Gasteiger partial charge in [-0.15, -0.1) is 0 Å². The molecule has 0 bridgehead atoms. The molecular formula is C24H34ClN2O3Si. The predicted molar refractivity (Wildman–Crippen MR) is 129 cm³/mol. The summed E-state index contributed by atoms with van der Waals surface area (Å²) >= 11 is 6.34. The van der Waals surface area contributed by atoms with Gasteiger partial charge < -0.3 is 14.2 Å². The van der Waals surface area contributed by atoms with Gasteiger partial charge in [0.1, 0.15) is 0 Å². The van der Waals surface area contributed by atoms with Crippen LogP contribution < -0.4 is 4.90 Å². The minimum Gasteiger partial charge on any atom is -0.413 e. The van der Waals surface area contributed by atoms with E-state index in [0.29, 0.717) is 41.3 Å². The van der Waals surface area contributed by atoms with E-state index >= 15 is 0 Å². The molecule has 1 unspecified atom stereocenters. The molecule has 0 aliphatic carbocycles. The van der Waals surface area contributed by atoms with Gasteiger partial charge in [-0.2, -0.15) is 0 Å². The highest BCUT2D eigenvalue weighted by Gasteiger charge is 2.38. The summed E-state index contributed by atoms with van der Waals surface area (Å²) in [5, 5.41) is 0.467. The normalized spacial score (nSPS) is 14.8. The van der Waals surface area contributed by atoms with Crippen LogP contribution in [0, 0.1) is 17.3 Å². The number of benzene rings is 1. The van der Waals surface area contributed by atoms with Gasteiger partial charge in [0.15, 0.2) is 0 Å². The number of halogens is 1. The second-order valence-corrected chi connectivity index (χ2v) is 11.5. The Morgan fingerprint density at radius 1 is 1.19 bits per heavy atom. The highest BCUT2D eigenvalue weighted by atomic mass is 35.5. The highest BCUT2D eigenvalue weighted by molar-refractivity contribution is 6.53. The minimum atomic E-state index is -0.865. The van der Waals surface area contributed by atoms with Crippen molar-refractivity contribution in [3.05, 3.63) is 28.3 Å². The maximum atomic E-state index is 12.8. The molecule has 169 valence electrons. The van der Waals surface area contributed by atoms with Gasteiger partial charge in [0, 0.05) is 30.1 Å². The summed E-state index contributed by atoms with van der Waals surface area (Å²) in [5.41, 5.74) is 1.40. The lowest BCUT2D eigenvalue weighted by molar-refractivity contribution is -0.114. The van der Waals surface area contributed by atoms with Crippen LogP contribution in [0.5, 0.6) is 0 Å². The monoisotopic (exact) mass is 461 g/mol. The van der Waals surface area contributed by atoms with E-state index in [-0.39, 0.29) is 11.5 Å². The van der Waals surface area contributed by atoms with Crippen molar-refractivity contribution >= 4 is 38.0 Å². The molecule has 1 radical (unpaired) electrons. The molecule has 0 aromatic heterocycles. The standard InChI is InChI=1S/C24H34ClN2O3Si/c1-8-26(9-2)13-14-27-19-16-18(25)15-17(21(19)22(28)23(27)29)11-10-12-20(24(3,4)5)30-31(6)7/h15-16,20H,8-9,12-14H2,1-7H3. The lowest BCUT2D eigenvalue weighted by atomic mass is 9.87. The van der Waals surface area contributed by atoms with Crippen molar-refractivity contribution in [1.29, 1.82) is 0 Å². The Balaban J connectivity index is 2.33. The van der Waals surface area contributed by atoms with Gasteiger partial charge in [0.2, 0.25) is 9.04 Å². The second-order valence-electron chi connectivity index (χ2n) is 9.05. The van der Waals surface area contributed by atoms with E-state index in [1.54, 1.807) is 12.1 Å². The first kappa shape index (κ1) is 25.6. The lowest BCUT2D eigenvalue weighted by Gasteiger charge is -2.31. The molecule has 1 aliphatic rings. The van der Waals surface area contributed by atoms with E-state index in [2.05, 4.69) is 64.5 Å². The summed E-state index contributed by atoms with van der Waals surface area (Å²) in [5.74, 6) is 5.27. The topological polar surface area (TPSA) is 49.9 Å². The highest BCUT2D eigenvalue weighted by Crippen LogP contribution is 2.34. The number of amides is 1. The maximum absolute atomic E-state index is 12.8. The molecule has 0 spiro atoms. The first-order valence-electron chi connectivity index (χ1n) is 10.9. The Kier molecular flexibility index (Phi) is 8.90. The number of anilines is 1. The Morgan fingerprint density at radius 2 is 1.84 bits per heavy atom. The largest absolute Gasteiger partial charge is 0.413 e. The summed E-state index contributed by atoms with van der Waals surface area (Å²) in [6.45, 7) is 17.7. The lowest BCUT2D eigenvalue weighted by Crippen LogP contribution is -2.38. The van der Waals surface area contributed by atoms with Gasteiger partial charge in [-0.05, 0) is 43.7 Å². The number of fused-ring (bicyclic) bond motifs is 1. The third kappa shape index (κ3) is 6.42. The molecular weight excluding hydrogens is 428 g/mol. The molecule has 0 fully saturated rings. The van der Waals surface area contributed by atoms with Crippen LogP contribution in [-0.4, -0.2) is 57.9 Å². The summed E-state index contributed by atoms with van der Waals surface area (Å²) in [6.07, 6.45) is 0.549. The zero-order chi connectivity index (χ0) is 23.3. The van der Waals surface area contributed by atoms with Gasteiger partial charge in [0.25, 0.3) is 11.7 Å². The average molecular weight is 462 g/mol. The van der Waals surface area contributed by atoms with Gasteiger partial charge in [-0.25, -0.2) is 0 Å². The van der Waals surface area contributed by atoms with Crippen LogP contribution in [0.25, 0.3) is 0 Å². The van der Waals surface area contributed by atoms with Crippen LogP contribution in [0.1, 0.15) is 57.0 Å². The molecule has 1 aromatic rings. The van der Waals surface area contributed by atoms with Crippen molar-refractivity contribution in [1.82, 2.24) is 4.90 Å². The molecule has 7 heteroatoms. The Hall–Kier alpha value is -1.65. The smallest absolute Gasteiger partial charge is 0.299 e. The fraction of sp³-hybridized carbons (Fsp3) is 0.583. The molecule has 1 atom stereocenters. The number of ketones is 1. The summed E-state index contributed by atoms with van der Waals surface area (Å²) in [4.78, 5) is 29.2. The summed E-state index contributed by atoms with van der Waals surface area (Å²) in [7, 11) is -0.865. The van der Waals surface area contributed by atoms with E-state index in [9.17, 15) is 9.59 Å². The number of Topliss-reactive ketones (excluding diaryl/α,β-unsaturated/α-hetero) is 1. The molecule has 0 saturated heterocycles. The Labute approximate surface area is 193 Å². The van der Waals surface area contributed by atoms with Gasteiger partial charge in [-0.1, -0.05) is 58.1 Å². The van der Waals surface area contributed by atoms with Crippen LogP contribution >= 0.6 is 11.6 Å². The van der Waals surface area contributed by atoms with Crippen molar-refractivity contribution in [2.45, 2.75) is 60.2 Å². The van der Waals surface area contributed by atoms with Crippen molar-refractivity contribution in [3.63, 3.8) is 0 Å². The van der Waals surface area contributed by atoms with Crippen molar-refractivity contribution < 1.29 is 14.0 Å². The third-order valence-corrected chi connectivity index (χ3v) is 6.40. The molecule has 1 aromatic carbocycles. The minimum absolute atomic E-state index is 0.000904. The zero-order valence-electron chi connectivity index (χ0n) is 19.8. The number of carbonyl (C=O) groups excluding carboxylic acids is 2. The molecule has 1 amide bonds. The quantitative estimate of drug-likeness (QED) is 0.321. The van der Waals surface area contributed by atoms with E-state index in [0.717, 1.165) is 13.1 Å². The fourth-order valence-electron chi connectivity index (χ4n) is 3.53. The van der Waals surface area contributed by atoms with Crippen LogP contribution in [0.4, 0.5) is 5.69 Å². The van der Waals surface area contributed by atoms with E-state index in [1.165, 1.54) is 4.90 Å². The van der Waals surface area contributed by atoms with E-state index in [1.807, 2.05) is 0 Å². The molecule has 1 heterocycles. The predicted octanol–water partition coefficient (Wildman–Crippen LogP) is 4.64. The summed E-state index contributed by atoms with van der Waals surface area (Å²) in [6, 6.07) is 3.37. The van der Waals surface area contributed by atoms with Crippen LogP contribution in [0.15, 0.2) is 12.1 Å². The number of likely N-dealkylation sites (N-methyl/N-ethyl adjacent to an activating group) is 1. The molecule has 31 heavy (non-hydrogen) atoms. The summed E-state index contributed by atoms with van der Waals surface area (Å²) < 4.78 is 6.14. The third-order valence-electron chi connectivity index (χ3n) is 5.43. The van der Waals surface area contributed by atoms with Gasteiger partial charge >= 0.3 is 0 Å². The van der Waals surface area contributed by atoms with E-state index < -0.39 is 20.7 Å². The fourth-order valence-corrected chi connectivity index (χ4v) is 4.75. The molecule has 2 rings (SSSR count). The van der Waals surface area contributed by atoms with Crippen LogP contribution in [-0.2, 0) is 9.22 Å². The molecule has 0 N–H and O–H groups in total. The van der Waals surface area contributed by atoms with Crippen molar-refractivity contribution in [2.24, 2.45) is 5.41 Å². The van der Waals surface area contributed by atoms with Crippen molar-refractivity contribution in [2.75, 3.05) is 31.1 Å². The van der Waals surface area contributed by atoms with E-state index in [4.69, 9.17) is 16.0 Å². The van der Waals surface area contributed by atoms with Gasteiger partial charge in [-0.3, -0.25) is 9.59 Å². The molecule has 5 nitrogen and oxygen atoms in total. The number of nitrogens with zero attached hydrogens (tertiary/aromatic N) is 2. The first-order valence-corrected chi connectivity index (χ1v) is 13.7. The SMILES string of the molecule is CCN(CC)CCN1C(=O)C(=O)c2c(C#CCC(O[Si](C)C)C(C)(C)C)cc(Cl)cc21. The molecule has 0 saturated carbocycles. The van der Waals surface area contributed by atoms with Gasteiger partial charge in [0.05, 0.1) is 17.4 Å². The Bertz CT molecular complexity index is 879. The maximum Gasteiger partial charge on any atom is 0.299 e. The number of hydrogen-bond donors (Lipinski definition) is 0. The second kappa shape index (κ2) is 10.8. The Morgan fingerprint density at radius 3 is 2.39 bits per heavy atom. The molecule has 1 aliphatic heterocycles. The number of rotatable bonds is 8. The van der Waals surface area contributed by atoms with Crippen LogP contribution in [0.3, 0.4) is 0 Å². The van der Waals surface area contributed by atoms with Crippen LogP contribution in [0.2, 0.25) is 18.1 Å². The zero-order valence-corrected chi connectivity index (χ0v) is 21.5. The number of hydrogen-bond acceptors (Lipinski definition) is 4. The average Bonchev–Trinajstić information content (AvgIpc) is 2.91. The first-order chi connectivity index (χ1) is 14.5. The number of carbonyl (C=O) groups is 2.